The Morgan fingerprint density at radius 2 is 2.00 bits per heavy atom. The van der Waals surface area contributed by atoms with Gasteiger partial charge in [-0.1, -0.05) is 24.8 Å². The van der Waals surface area contributed by atoms with Crippen LogP contribution in [0.15, 0.2) is 36.5 Å². The third-order valence-electron chi connectivity index (χ3n) is 8.24. The molecule has 6 heteroatoms. The van der Waals surface area contributed by atoms with E-state index in [1.807, 2.05) is 30.5 Å². The average molecular weight is 440 g/mol. The topological polar surface area (TPSA) is 92.7 Å². The maximum atomic E-state index is 11.7. The molecular weight excluding hydrogens is 410 g/mol. The first kappa shape index (κ1) is 22.0. The van der Waals surface area contributed by atoms with E-state index in [0.717, 1.165) is 49.9 Å². The number of aromatic hydroxyl groups is 1. The number of fused-ring (bicyclic) bond motifs is 5. The minimum Gasteiger partial charge on any atom is -1.00 e. The molecule has 1 aromatic heterocycles. The molecule has 6 N–H and O–H groups in total. The number of hydrogen-bond donors (Lipinski definition) is 4. The molecule has 2 saturated carbocycles. The van der Waals surface area contributed by atoms with Gasteiger partial charge in [-0.2, -0.15) is 11.3 Å². The number of phenols is 1. The zero-order chi connectivity index (χ0) is 20.9. The lowest BCUT2D eigenvalue weighted by atomic mass is 9.53. The first-order valence-corrected chi connectivity index (χ1v) is 11.0. The van der Waals surface area contributed by atoms with Crippen LogP contribution in [0.5, 0.6) is 5.75 Å². The van der Waals surface area contributed by atoms with Crippen LogP contribution in [0, 0.1) is 29.1 Å². The predicted octanol–water partition coefficient (Wildman–Crippen LogP) is 0.135. The Kier molecular flexibility index (Phi) is 5.68. The number of phenolic OH excluding ortho intramolecular Hbond substituents is 1. The molecule has 3 aliphatic rings. The van der Waals surface area contributed by atoms with Crippen LogP contribution in [-0.2, 0) is 6.42 Å². The van der Waals surface area contributed by atoms with Crippen molar-refractivity contribution in [2.75, 3.05) is 5.43 Å². The number of aromatic nitrogens is 1. The third-order valence-corrected chi connectivity index (χ3v) is 8.24. The Bertz CT molecular complexity index is 1030. The number of halogens is 1. The largest absolute Gasteiger partial charge is 1.00 e. The van der Waals surface area contributed by atoms with E-state index in [0.29, 0.717) is 23.5 Å². The van der Waals surface area contributed by atoms with Gasteiger partial charge in [0.2, 0.25) is 0 Å². The molecule has 1 aromatic carbocycles. The molecule has 0 bridgehead atoms. The maximum Gasteiger partial charge on any atom is 0.290 e. The van der Waals surface area contributed by atoms with Crippen molar-refractivity contribution in [2.24, 2.45) is 23.1 Å². The number of rotatable bonds is 1. The van der Waals surface area contributed by atoms with Crippen LogP contribution in [0.4, 0.5) is 5.82 Å². The van der Waals surface area contributed by atoms with Crippen molar-refractivity contribution in [3.05, 3.63) is 53.2 Å². The summed E-state index contributed by atoms with van der Waals surface area (Å²) in [6.07, 6.45) is 7.77. The quantitative estimate of drug-likeness (QED) is 0.289. The first-order chi connectivity index (χ1) is 14.4. The number of pyridine rings is 1. The van der Waals surface area contributed by atoms with Crippen molar-refractivity contribution >= 4 is 5.82 Å². The molecule has 5 atom stereocenters. The molecule has 0 spiro atoms. The molecule has 31 heavy (non-hydrogen) atoms. The second-order valence-corrected chi connectivity index (χ2v) is 9.54. The summed E-state index contributed by atoms with van der Waals surface area (Å²) >= 11 is 0. The highest BCUT2D eigenvalue weighted by molar-refractivity contribution is 5.42. The molecule has 0 aliphatic heterocycles. The zero-order valence-corrected chi connectivity index (χ0v) is 18.5. The molecule has 0 saturated heterocycles. The number of anilines is 1. The Hall–Kier alpha value is -2.26. The summed E-state index contributed by atoms with van der Waals surface area (Å²) in [5.74, 6) is 14.6. The average Bonchev–Trinajstić information content (AvgIpc) is 3.03. The van der Waals surface area contributed by atoms with Crippen LogP contribution in [0.1, 0.15) is 61.6 Å². The minimum atomic E-state index is -0.956. The summed E-state index contributed by atoms with van der Waals surface area (Å²) in [5, 5.41) is 21.5. The summed E-state index contributed by atoms with van der Waals surface area (Å²) in [6, 6.07) is 9.64. The lowest BCUT2D eigenvalue weighted by molar-refractivity contribution is -0.361. The van der Waals surface area contributed by atoms with Crippen LogP contribution in [0.3, 0.4) is 0 Å². The fraction of sp³-hybridized carbons (Fsp3) is 0.480. The molecule has 164 valence electrons. The number of hydrazine groups is 1. The molecular formula is C25H30ClN3O2. The van der Waals surface area contributed by atoms with Crippen LogP contribution in [0.2, 0.25) is 0 Å². The standard InChI is InChI=1S/C25H29N3O2.ClH/c1-24-11-9-20-19-6-4-18(29)14-17(19)3-5-21(20)22(24)10-13-25(24,30)12-8-16-2-7-23(28-26)27-15-16;/h2,4,6-7,14-15,20-22,29-30H,3,5,9-11,13,26H2,1H3,(H,27,28);1H/t20-,21-,22+,24+,25+;/m1./s1. The first-order valence-electron chi connectivity index (χ1n) is 11.0. The Balaban J connectivity index is 0.00000231. The number of aromatic amines is 1. The lowest BCUT2D eigenvalue weighted by Gasteiger charge is -2.52. The monoisotopic (exact) mass is 439 g/mol. The predicted molar refractivity (Wildman–Crippen MR) is 115 cm³/mol. The Morgan fingerprint density at radius 1 is 1.16 bits per heavy atom. The van der Waals surface area contributed by atoms with Crippen molar-refractivity contribution in [2.45, 2.75) is 57.0 Å². The van der Waals surface area contributed by atoms with Crippen molar-refractivity contribution < 1.29 is 27.6 Å². The van der Waals surface area contributed by atoms with Gasteiger partial charge in [-0.25, -0.2) is 4.98 Å². The van der Waals surface area contributed by atoms with Crippen LogP contribution in [0.25, 0.3) is 0 Å². The molecule has 2 aromatic rings. The van der Waals surface area contributed by atoms with E-state index >= 15 is 0 Å². The number of nitrogens with one attached hydrogen (secondary N) is 2. The summed E-state index contributed by atoms with van der Waals surface area (Å²) in [4.78, 5) is 3.05. The van der Waals surface area contributed by atoms with E-state index in [1.54, 1.807) is 0 Å². The molecule has 5 nitrogen and oxygen atoms in total. The van der Waals surface area contributed by atoms with Crippen molar-refractivity contribution in [1.29, 1.82) is 0 Å². The summed E-state index contributed by atoms with van der Waals surface area (Å²) in [6.45, 7) is 2.26. The number of benzene rings is 1. The number of nitrogens with two attached hydrogens (primary N) is 1. The number of nitrogen functional groups attached to an aromatic ring is 1. The zero-order valence-electron chi connectivity index (χ0n) is 17.8. The molecule has 0 unspecified atom stereocenters. The number of aryl methyl sites for hydroxylation is 1. The summed E-state index contributed by atoms with van der Waals surface area (Å²) in [5.41, 5.74) is 4.99. The number of H-pyrrole nitrogens is 1. The van der Waals surface area contributed by atoms with E-state index in [2.05, 4.69) is 35.2 Å². The summed E-state index contributed by atoms with van der Waals surface area (Å²) < 4.78 is 0. The van der Waals surface area contributed by atoms with Gasteiger partial charge >= 0.3 is 0 Å². The smallest absolute Gasteiger partial charge is 0.290 e. The highest BCUT2D eigenvalue weighted by atomic mass is 35.5. The van der Waals surface area contributed by atoms with Gasteiger partial charge in [-0.3, -0.25) is 0 Å². The Labute approximate surface area is 189 Å². The second kappa shape index (κ2) is 8.02. The maximum absolute atomic E-state index is 11.7. The highest BCUT2D eigenvalue weighted by Crippen LogP contribution is 2.64. The van der Waals surface area contributed by atoms with E-state index in [9.17, 15) is 10.2 Å². The van der Waals surface area contributed by atoms with Crippen molar-refractivity contribution in [1.82, 2.24) is 0 Å². The molecule has 0 radical (unpaired) electrons. The van der Waals surface area contributed by atoms with Gasteiger partial charge in [-0.05, 0) is 85.6 Å². The molecule has 1 heterocycles. The van der Waals surface area contributed by atoms with Gasteiger partial charge in [0.25, 0.3) is 5.82 Å². The van der Waals surface area contributed by atoms with Crippen LogP contribution >= 0.6 is 0 Å². The summed E-state index contributed by atoms with van der Waals surface area (Å²) in [7, 11) is 0. The van der Waals surface area contributed by atoms with Crippen molar-refractivity contribution in [3.63, 3.8) is 0 Å². The fourth-order valence-electron chi connectivity index (χ4n) is 6.56. The highest BCUT2D eigenvalue weighted by Gasteiger charge is 2.61. The van der Waals surface area contributed by atoms with E-state index in [1.165, 1.54) is 11.1 Å². The number of hydrogen-bond acceptors (Lipinski definition) is 4. The van der Waals surface area contributed by atoms with E-state index in [-0.39, 0.29) is 17.8 Å². The van der Waals surface area contributed by atoms with Gasteiger partial charge < -0.3 is 22.6 Å². The van der Waals surface area contributed by atoms with Gasteiger partial charge in [0.05, 0.1) is 5.56 Å². The fourth-order valence-corrected chi connectivity index (χ4v) is 6.56. The van der Waals surface area contributed by atoms with Gasteiger partial charge in [0.1, 0.15) is 17.5 Å². The third kappa shape index (κ3) is 3.47. The molecule has 0 amide bonds. The molecule has 5 rings (SSSR count). The van der Waals surface area contributed by atoms with E-state index in [4.69, 9.17) is 5.84 Å². The van der Waals surface area contributed by atoms with Gasteiger partial charge in [0.15, 0.2) is 0 Å². The van der Waals surface area contributed by atoms with Gasteiger partial charge in [0, 0.05) is 11.5 Å². The van der Waals surface area contributed by atoms with Crippen LogP contribution in [-0.4, -0.2) is 15.8 Å². The molecule has 3 aliphatic carbocycles. The SMILES string of the molecule is C[C@]12CC[C@@H]3c4ccc(O)cc4CC[C@H]3[C@@H]1CC[C@@]2(O)C#Cc1ccc(NN)[nH+]c1.[Cl-]. The molecule has 2 fully saturated rings. The van der Waals surface area contributed by atoms with Gasteiger partial charge in [-0.15, -0.1) is 0 Å². The minimum absolute atomic E-state index is 0. The number of aliphatic hydroxyl groups is 1. The Morgan fingerprint density at radius 3 is 2.74 bits per heavy atom. The van der Waals surface area contributed by atoms with E-state index < -0.39 is 5.60 Å². The van der Waals surface area contributed by atoms with Crippen molar-refractivity contribution in [3.8, 4) is 17.6 Å². The normalized spacial score (nSPS) is 33.1. The second-order valence-electron chi connectivity index (χ2n) is 9.54. The lowest BCUT2D eigenvalue weighted by Crippen LogP contribution is -3.00. The van der Waals surface area contributed by atoms with Crippen LogP contribution < -0.4 is 28.7 Å².